The molecule has 1 fully saturated rings. The molecule has 0 unspecified atom stereocenters. The molecule has 0 aliphatic carbocycles. The first-order chi connectivity index (χ1) is 18.7. The predicted molar refractivity (Wildman–Crippen MR) is 143 cm³/mol. The van der Waals surface area contributed by atoms with E-state index < -0.39 is 34.3 Å². The van der Waals surface area contributed by atoms with E-state index in [2.05, 4.69) is 5.32 Å². The van der Waals surface area contributed by atoms with Gasteiger partial charge in [0.15, 0.2) is 11.5 Å². The second kappa shape index (κ2) is 12.2. The number of hydrogen-bond acceptors (Lipinski definition) is 8. The number of benzene rings is 3. The minimum absolute atomic E-state index is 0.0176. The highest BCUT2D eigenvalue weighted by Gasteiger charge is 2.36. The third-order valence-electron chi connectivity index (χ3n) is 5.41. The van der Waals surface area contributed by atoms with Crippen LogP contribution in [-0.4, -0.2) is 40.0 Å². The Balaban J connectivity index is 1.43. The molecular formula is C27H22FN3O7S. The Morgan fingerprint density at radius 3 is 2.44 bits per heavy atom. The number of carbonyl (C=O) groups excluding carboxylic acids is 3. The van der Waals surface area contributed by atoms with E-state index in [9.17, 15) is 28.9 Å². The van der Waals surface area contributed by atoms with E-state index in [1.165, 1.54) is 42.5 Å². The Labute approximate surface area is 226 Å². The zero-order valence-electron chi connectivity index (χ0n) is 20.6. The Hall–Kier alpha value is -4.71. The summed E-state index contributed by atoms with van der Waals surface area (Å²) in [4.78, 5) is 48.9. The van der Waals surface area contributed by atoms with Crippen LogP contribution in [0.3, 0.4) is 0 Å². The van der Waals surface area contributed by atoms with Crippen molar-refractivity contribution >= 4 is 46.3 Å². The van der Waals surface area contributed by atoms with Crippen molar-refractivity contribution in [2.45, 2.75) is 13.5 Å². The molecule has 1 aliphatic heterocycles. The lowest BCUT2D eigenvalue weighted by molar-refractivity contribution is -0.384. The van der Waals surface area contributed by atoms with Crippen LogP contribution >= 0.6 is 11.8 Å². The molecule has 0 atom stereocenters. The fourth-order valence-corrected chi connectivity index (χ4v) is 4.38. The van der Waals surface area contributed by atoms with Gasteiger partial charge in [0.05, 0.1) is 16.4 Å². The summed E-state index contributed by atoms with van der Waals surface area (Å²) in [6.45, 7) is 1.81. The second-order valence-corrected chi connectivity index (χ2v) is 9.17. The molecular weight excluding hydrogens is 529 g/mol. The number of amides is 3. The number of rotatable bonds is 10. The maximum absolute atomic E-state index is 13.1. The normalized spacial score (nSPS) is 14.0. The number of imide groups is 1. The van der Waals surface area contributed by atoms with E-state index in [4.69, 9.17) is 9.47 Å². The van der Waals surface area contributed by atoms with Crippen LogP contribution in [0.1, 0.15) is 18.1 Å². The van der Waals surface area contributed by atoms with Gasteiger partial charge in [0.25, 0.3) is 16.8 Å². The summed E-state index contributed by atoms with van der Waals surface area (Å²) >= 11 is 0.710. The molecule has 0 saturated carbocycles. The first kappa shape index (κ1) is 27.3. The van der Waals surface area contributed by atoms with Gasteiger partial charge in [-0.15, -0.1) is 0 Å². The number of nitro groups is 1. The fourth-order valence-electron chi connectivity index (χ4n) is 3.54. The summed E-state index contributed by atoms with van der Waals surface area (Å²) < 4.78 is 24.6. The molecule has 1 aliphatic rings. The number of carbonyl (C=O) groups is 3. The summed E-state index contributed by atoms with van der Waals surface area (Å²) in [5, 5.41) is 12.8. The van der Waals surface area contributed by atoms with E-state index in [-0.39, 0.29) is 17.2 Å². The molecule has 3 aromatic rings. The predicted octanol–water partition coefficient (Wildman–Crippen LogP) is 5.39. The number of halogens is 1. The van der Waals surface area contributed by atoms with E-state index >= 15 is 0 Å². The van der Waals surface area contributed by atoms with Crippen molar-refractivity contribution in [3.05, 3.63) is 98.7 Å². The van der Waals surface area contributed by atoms with E-state index in [1.54, 1.807) is 37.3 Å². The third-order valence-corrected chi connectivity index (χ3v) is 6.32. The van der Waals surface area contributed by atoms with Crippen molar-refractivity contribution in [1.82, 2.24) is 4.90 Å². The van der Waals surface area contributed by atoms with Gasteiger partial charge in [0, 0.05) is 17.8 Å². The standard InChI is InChI=1S/C27H22FN3O7S/c1-2-37-23-13-18(5-12-22(23)38-16-17-3-10-21(11-4-17)31(35)36)14-24-26(33)30(27(34)39-24)15-25(32)29-20-8-6-19(28)7-9-20/h3-14H,2,15-16H2,1H3,(H,29,32)/b24-14+. The SMILES string of the molecule is CCOc1cc(/C=C2/SC(=O)N(CC(=O)Nc3ccc(F)cc3)C2=O)ccc1OCc1ccc([N+](=O)[O-])cc1. The van der Waals surface area contributed by atoms with Gasteiger partial charge in [-0.2, -0.15) is 0 Å². The zero-order chi connectivity index (χ0) is 27.9. The maximum Gasteiger partial charge on any atom is 0.294 e. The van der Waals surface area contributed by atoms with Gasteiger partial charge < -0.3 is 14.8 Å². The van der Waals surface area contributed by atoms with Crippen LogP contribution in [0.2, 0.25) is 0 Å². The highest BCUT2D eigenvalue weighted by molar-refractivity contribution is 8.18. The molecule has 0 radical (unpaired) electrons. The summed E-state index contributed by atoms with van der Waals surface area (Å²) in [5.74, 6) is -0.835. The summed E-state index contributed by atoms with van der Waals surface area (Å²) in [7, 11) is 0. The fraction of sp³-hybridized carbons (Fsp3) is 0.148. The number of hydrogen-bond donors (Lipinski definition) is 1. The first-order valence-corrected chi connectivity index (χ1v) is 12.5. The highest BCUT2D eigenvalue weighted by Crippen LogP contribution is 2.35. The molecule has 0 spiro atoms. The van der Waals surface area contributed by atoms with Crippen LogP contribution in [0.4, 0.5) is 20.6 Å². The van der Waals surface area contributed by atoms with Crippen molar-refractivity contribution < 1.29 is 33.2 Å². The molecule has 1 saturated heterocycles. The molecule has 3 amide bonds. The molecule has 3 aromatic carbocycles. The molecule has 10 nitrogen and oxygen atoms in total. The second-order valence-electron chi connectivity index (χ2n) is 8.17. The van der Waals surface area contributed by atoms with Gasteiger partial charge in [-0.05, 0) is 84.4 Å². The molecule has 1 N–H and O–H groups in total. The Morgan fingerprint density at radius 1 is 1.05 bits per heavy atom. The zero-order valence-corrected chi connectivity index (χ0v) is 21.4. The first-order valence-electron chi connectivity index (χ1n) is 11.7. The largest absolute Gasteiger partial charge is 0.490 e. The topological polar surface area (TPSA) is 128 Å². The lowest BCUT2D eigenvalue weighted by atomic mass is 10.1. The van der Waals surface area contributed by atoms with Crippen LogP contribution in [0.5, 0.6) is 11.5 Å². The highest BCUT2D eigenvalue weighted by atomic mass is 32.2. The maximum atomic E-state index is 13.1. The third kappa shape index (κ3) is 6.99. The molecule has 12 heteroatoms. The summed E-state index contributed by atoms with van der Waals surface area (Å²) in [5.41, 5.74) is 1.62. The van der Waals surface area contributed by atoms with Crippen molar-refractivity contribution in [1.29, 1.82) is 0 Å². The van der Waals surface area contributed by atoms with Crippen LogP contribution in [0.15, 0.2) is 71.6 Å². The molecule has 4 rings (SSSR count). The Bertz CT molecular complexity index is 1440. The Kier molecular flexibility index (Phi) is 8.56. The average molecular weight is 552 g/mol. The lowest BCUT2D eigenvalue weighted by Gasteiger charge is -2.13. The van der Waals surface area contributed by atoms with Gasteiger partial charge in [-0.1, -0.05) is 6.07 Å². The number of nitro benzene ring substituents is 1. The van der Waals surface area contributed by atoms with Crippen molar-refractivity contribution in [3.63, 3.8) is 0 Å². The Morgan fingerprint density at radius 2 is 1.77 bits per heavy atom. The van der Waals surface area contributed by atoms with Gasteiger partial charge in [-0.25, -0.2) is 4.39 Å². The molecule has 0 bridgehead atoms. The van der Waals surface area contributed by atoms with Gasteiger partial charge in [-0.3, -0.25) is 29.4 Å². The van der Waals surface area contributed by atoms with Gasteiger partial charge in [0.2, 0.25) is 5.91 Å². The van der Waals surface area contributed by atoms with Crippen LogP contribution in [0, 0.1) is 15.9 Å². The summed E-state index contributed by atoms with van der Waals surface area (Å²) in [6, 6.07) is 16.1. The van der Waals surface area contributed by atoms with Gasteiger partial charge >= 0.3 is 0 Å². The average Bonchev–Trinajstić information content (AvgIpc) is 3.17. The van der Waals surface area contributed by atoms with E-state index in [0.29, 0.717) is 41.1 Å². The van der Waals surface area contributed by atoms with Crippen molar-refractivity contribution in [2.75, 3.05) is 18.5 Å². The van der Waals surface area contributed by atoms with E-state index in [0.717, 1.165) is 10.5 Å². The molecule has 39 heavy (non-hydrogen) atoms. The monoisotopic (exact) mass is 551 g/mol. The van der Waals surface area contributed by atoms with E-state index in [1.807, 2.05) is 0 Å². The number of ether oxygens (including phenoxy) is 2. The van der Waals surface area contributed by atoms with Crippen molar-refractivity contribution in [2.24, 2.45) is 0 Å². The number of thioether (sulfide) groups is 1. The number of non-ortho nitro benzene ring substituents is 1. The smallest absolute Gasteiger partial charge is 0.294 e. The quantitative estimate of drug-likeness (QED) is 0.202. The van der Waals surface area contributed by atoms with Crippen molar-refractivity contribution in [3.8, 4) is 11.5 Å². The number of anilines is 1. The molecule has 200 valence electrons. The number of nitrogens with zero attached hydrogens (tertiary/aromatic N) is 2. The number of nitrogens with one attached hydrogen (secondary N) is 1. The molecule has 1 heterocycles. The van der Waals surface area contributed by atoms with Crippen LogP contribution < -0.4 is 14.8 Å². The van der Waals surface area contributed by atoms with Gasteiger partial charge in [0.1, 0.15) is 19.0 Å². The van der Waals surface area contributed by atoms with Crippen LogP contribution in [0.25, 0.3) is 6.08 Å². The van der Waals surface area contributed by atoms with Crippen LogP contribution in [-0.2, 0) is 16.2 Å². The minimum atomic E-state index is -0.615. The molecule has 0 aromatic heterocycles. The lowest BCUT2D eigenvalue weighted by Crippen LogP contribution is -2.36. The minimum Gasteiger partial charge on any atom is -0.490 e. The summed E-state index contributed by atoms with van der Waals surface area (Å²) in [6.07, 6.45) is 1.52.